The second-order valence-corrected chi connectivity index (χ2v) is 10.9. The van der Waals surface area contributed by atoms with Crippen LogP contribution in [0.1, 0.15) is 49.5 Å². The number of thiazole rings is 1. The van der Waals surface area contributed by atoms with Crippen molar-refractivity contribution in [2.45, 2.75) is 61.8 Å². The minimum absolute atomic E-state index is 0.0280. The van der Waals surface area contributed by atoms with E-state index in [2.05, 4.69) is 28.8 Å². The van der Waals surface area contributed by atoms with E-state index in [9.17, 15) is 9.59 Å². The van der Waals surface area contributed by atoms with Gasteiger partial charge in [0.1, 0.15) is 0 Å². The van der Waals surface area contributed by atoms with Crippen LogP contribution in [-0.2, 0) is 4.79 Å². The Labute approximate surface area is 185 Å². The molecule has 1 aromatic carbocycles. The SMILES string of the molecule is O=C1NC2CSC(CCCCC(=O)N3CCC(c4nc5ccccc5s4)CC3)C2N1. The number of aromatic nitrogens is 1. The van der Waals surface area contributed by atoms with Crippen molar-refractivity contribution in [3.63, 3.8) is 0 Å². The van der Waals surface area contributed by atoms with Crippen LogP contribution in [-0.4, -0.2) is 58.0 Å². The summed E-state index contributed by atoms with van der Waals surface area (Å²) in [6, 6.07) is 8.84. The summed E-state index contributed by atoms with van der Waals surface area (Å²) in [6.07, 6.45) is 5.72. The van der Waals surface area contributed by atoms with Crippen molar-refractivity contribution in [2.75, 3.05) is 18.8 Å². The minimum Gasteiger partial charge on any atom is -0.343 e. The van der Waals surface area contributed by atoms with Crippen LogP contribution in [0.15, 0.2) is 24.3 Å². The molecule has 1 aromatic heterocycles. The first kappa shape index (κ1) is 20.1. The highest BCUT2D eigenvalue weighted by Gasteiger charge is 2.42. The highest BCUT2D eigenvalue weighted by atomic mass is 32.2. The van der Waals surface area contributed by atoms with E-state index in [1.165, 1.54) is 9.71 Å². The van der Waals surface area contributed by atoms with Crippen LogP contribution in [0.5, 0.6) is 0 Å². The molecule has 0 saturated carbocycles. The minimum atomic E-state index is -0.0280. The standard InChI is InChI=1S/C22H28N4O2S2/c27-19(8-4-3-7-18-20-16(13-29-18)24-22(28)25-20)26-11-9-14(10-12-26)21-23-15-5-1-2-6-17(15)30-21/h1-2,5-6,14,16,18,20H,3-4,7-13H2,(H2,24,25,28). The molecule has 5 rings (SSSR count). The Bertz CT molecular complexity index is 892. The molecule has 8 heteroatoms. The van der Waals surface area contributed by atoms with Crippen LogP contribution in [0.2, 0.25) is 0 Å². The normalized spacial score (nSPS) is 26.6. The van der Waals surface area contributed by atoms with Gasteiger partial charge in [-0.25, -0.2) is 9.78 Å². The van der Waals surface area contributed by atoms with Gasteiger partial charge in [0.15, 0.2) is 0 Å². The zero-order chi connectivity index (χ0) is 20.5. The number of fused-ring (bicyclic) bond motifs is 2. The number of rotatable bonds is 6. The summed E-state index contributed by atoms with van der Waals surface area (Å²) in [4.78, 5) is 31.0. The Morgan fingerprint density at radius 1 is 1.17 bits per heavy atom. The van der Waals surface area contributed by atoms with Crippen molar-refractivity contribution < 1.29 is 9.59 Å². The molecule has 3 aliphatic rings. The molecule has 30 heavy (non-hydrogen) atoms. The summed E-state index contributed by atoms with van der Waals surface area (Å²) in [5.41, 5.74) is 1.09. The van der Waals surface area contributed by atoms with Gasteiger partial charge in [-0.15, -0.1) is 11.3 Å². The lowest BCUT2D eigenvalue weighted by Crippen LogP contribution is -2.38. The summed E-state index contributed by atoms with van der Waals surface area (Å²) in [7, 11) is 0. The lowest BCUT2D eigenvalue weighted by Gasteiger charge is -2.31. The first-order valence-electron chi connectivity index (χ1n) is 11.0. The molecule has 3 amide bonds. The second kappa shape index (κ2) is 8.75. The highest BCUT2D eigenvalue weighted by Crippen LogP contribution is 2.35. The molecule has 3 atom stereocenters. The fourth-order valence-electron chi connectivity index (χ4n) is 4.86. The Kier molecular flexibility index (Phi) is 5.87. The summed E-state index contributed by atoms with van der Waals surface area (Å²) < 4.78 is 1.26. The van der Waals surface area contributed by atoms with Crippen LogP contribution in [0, 0.1) is 0 Å². The van der Waals surface area contributed by atoms with E-state index in [1.807, 2.05) is 22.7 Å². The predicted octanol–water partition coefficient (Wildman–Crippen LogP) is 3.73. The maximum Gasteiger partial charge on any atom is 0.315 e. The Morgan fingerprint density at radius 2 is 2.00 bits per heavy atom. The quantitative estimate of drug-likeness (QED) is 0.526. The summed E-state index contributed by atoms with van der Waals surface area (Å²) in [5, 5.41) is 7.73. The van der Waals surface area contributed by atoms with Crippen LogP contribution < -0.4 is 10.6 Å². The number of urea groups is 1. The topological polar surface area (TPSA) is 74.3 Å². The third-order valence-electron chi connectivity index (χ3n) is 6.57. The first-order chi connectivity index (χ1) is 14.7. The monoisotopic (exact) mass is 444 g/mol. The zero-order valence-corrected chi connectivity index (χ0v) is 18.6. The van der Waals surface area contributed by atoms with E-state index in [1.54, 1.807) is 11.3 Å². The number of unbranched alkanes of at least 4 members (excludes halogenated alkanes) is 1. The number of likely N-dealkylation sites (tertiary alicyclic amines) is 1. The summed E-state index contributed by atoms with van der Waals surface area (Å²) >= 11 is 3.75. The molecule has 6 nitrogen and oxygen atoms in total. The number of piperidine rings is 1. The summed E-state index contributed by atoms with van der Waals surface area (Å²) in [5.74, 6) is 1.77. The van der Waals surface area contributed by atoms with E-state index >= 15 is 0 Å². The second-order valence-electron chi connectivity index (χ2n) is 8.54. The molecule has 0 spiro atoms. The third-order valence-corrected chi connectivity index (χ3v) is 9.28. The van der Waals surface area contributed by atoms with Gasteiger partial charge in [-0.1, -0.05) is 18.6 Å². The predicted molar refractivity (Wildman–Crippen MR) is 122 cm³/mol. The van der Waals surface area contributed by atoms with Crippen molar-refractivity contribution in [3.8, 4) is 0 Å². The van der Waals surface area contributed by atoms with E-state index in [0.29, 0.717) is 23.5 Å². The molecule has 0 radical (unpaired) electrons. The molecular weight excluding hydrogens is 416 g/mol. The van der Waals surface area contributed by atoms with Crippen molar-refractivity contribution in [2.24, 2.45) is 0 Å². The van der Waals surface area contributed by atoms with Gasteiger partial charge in [-0.2, -0.15) is 11.8 Å². The molecule has 0 aliphatic carbocycles. The van der Waals surface area contributed by atoms with Crippen LogP contribution >= 0.6 is 23.1 Å². The first-order valence-corrected chi connectivity index (χ1v) is 12.9. The van der Waals surface area contributed by atoms with Crippen LogP contribution in [0.3, 0.4) is 0 Å². The number of benzene rings is 1. The number of carbonyl (C=O) groups is 2. The van der Waals surface area contributed by atoms with E-state index in [4.69, 9.17) is 4.98 Å². The number of hydrogen-bond acceptors (Lipinski definition) is 5. The van der Waals surface area contributed by atoms with Gasteiger partial charge in [0.25, 0.3) is 0 Å². The van der Waals surface area contributed by atoms with Gasteiger partial charge >= 0.3 is 6.03 Å². The van der Waals surface area contributed by atoms with E-state index < -0.39 is 0 Å². The van der Waals surface area contributed by atoms with Crippen molar-refractivity contribution in [3.05, 3.63) is 29.3 Å². The van der Waals surface area contributed by atoms with E-state index in [0.717, 1.165) is 56.5 Å². The van der Waals surface area contributed by atoms with E-state index in [-0.39, 0.29) is 18.1 Å². The van der Waals surface area contributed by atoms with Crippen molar-refractivity contribution in [1.82, 2.24) is 20.5 Å². The number of carbonyl (C=O) groups excluding carboxylic acids is 2. The number of nitrogens with zero attached hydrogens (tertiary/aromatic N) is 2. The number of hydrogen-bond donors (Lipinski definition) is 2. The molecule has 160 valence electrons. The Morgan fingerprint density at radius 3 is 2.83 bits per heavy atom. The molecule has 3 unspecified atom stereocenters. The maximum atomic E-state index is 12.6. The lowest BCUT2D eigenvalue weighted by atomic mass is 9.97. The third kappa shape index (κ3) is 4.17. The molecule has 4 heterocycles. The molecule has 3 fully saturated rings. The smallest absolute Gasteiger partial charge is 0.315 e. The molecule has 3 saturated heterocycles. The Balaban J connectivity index is 1.04. The number of amides is 3. The van der Waals surface area contributed by atoms with Crippen molar-refractivity contribution >= 4 is 45.3 Å². The fraction of sp³-hybridized carbons (Fsp3) is 0.591. The number of para-hydroxylation sites is 1. The number of nitrogens with one attached hydrogen (secondary N) is 2. The average Bonchev–Trinajstić information content (AvgIpc) is 3.45. The largest absolute Gasteiger partial charge is 0.343 e. The maximum absolute atomic E-state index is 12.6. The van der Waals surface area contributed by atoms with Gasteiger partial charge in [0.2, 0.25) is 5.91 Å². The van der Waals surface area contributed by atoms with Gasteiger partial charge in [-0.3, -0.25) is 4.79 Å². The van der Waals surface area contributed by atoms with Gasteiger partial charge in [0, 0.05) is 36.4 Å². The summed E-state index contributed by atoms with van der Waals surface area (Å²) in [6.45, 7) is 1.69. The van der Waals surface area contributed by atoms with Crippen LogP contribution in [0.25, 0.3) is 10.2 Å². The van der Waals surface area contributed by atoms with Gasteiger partial charge < -0.3 is 15.5 Å². The highest BCUT2D eigenvalue weighted by molar-refractivity contribution is 8.00. The Hall–Kier alpha value is -1.80. The molecule has 0 bridgehead atoms. The van der Waals surface area contributed by atoms with Crippen LogP contribution in [0.4, 0.5) is 4.79 Å². The molecular formula is C22H28N4O2S2. The lowest BCUT2D eigenvalue weighted by molar-refractivity contribution is -0.132. The van der Waals surface area contributed by atoms with Gasteiger partial charge in [0.05, 0.1) is 27.3 Å². The molecule has 2 aromatic rings. The average molecular weight is 445 g/mol. The van der Waals surface area contributed by atoms with Crippen molar-refractivity contribution in [1.29, 1.82) is 0 Å². The zero-order valence-electron chi connectivity index (χ0n) is 17.0. The molecule has 2 N–H and O–H groups in total. The van der Waals surface area contributed by atoms with Gasteiger partial charge in [-0.05, 0) is 37.8 Å². The fourth-order valence-corrected chi connectivity index (χ4v) is 7.54. The number of thioether (sulfide) groups is 1. The molecule has 3 aliphatic heterocycles.